The Bertz CT molecular complexity index is 708. The van der Waals surface area contributed by atoms with Gasteiger partial charge in [0.2, 0.25) is 5.91 Å². The van der Waals surface area contributed by atoms with Gasteiger partial charge in [-0.3, -0.25) is 4.79 Å². The Kier molecular flexibility index (Phi) is 10.4. The quantitative estimate of drug-likeness (QED) is 0.275. The van der Waals surface area contributed by atoms with Crippen LogP contribution in [0.5, 0.6) is 0 Å². The topological polar surface area (TPSA) is 29.1 Å². The summed E-state index contributed by atoms with van der Waals surface area (Å²) in [6.45, 7) is 0.646. The number of hydrogen-bond donors (Lipinski definition) is 2. The van der Waals surface area contributed by atoms with Crippen molar-refractivity contribution in [2.24, 2.45) is 0 Å². The molecule has 2 aromatic rings. The number of halogens is 7. The number of hydrogen-bond acceptors (Lipinski definition) is 3. The van der Waals surface area contributed by atoms with Gasteiger partial charge in [0.1, 0.15) is 0 Å². The predicted octanol–water partition coefficient (Wildman–Crippen LogP) is 6.30. The van der Waals surface area contributed by atoms with Crippen LogP contribution >= 0.6 is 40.3 Å². The third-order valence-corrected chi connectivity index (χ3v) is 4.90. The molecule has 2 rings (SSSR count). The van der Waals surface area contributed by atoms with Crippen molar-refractivity contribution in [1.29, 1.82) is 0 Å². The molecule has 1 amide bonds. The second-order valence-corrected chi connectivity index (χ2v) is 7.51. The lowest BCUT2D eigenvalue weighted by Crippen LogP contribution is -2.25. The molecule has 0 aromatic heterocycles. The predicted molar refractivity (Wildman–Crippen MR) is 108 cm³/mol. The van der Waals surface area contributed by atoms with Gasteiger partial charge in [-0.1, -0.05) is 27.7 Å². The molecule has 0 spiro atoms. The Morgan fingerprint density at radius 3 is 1.52 bits per heavy atom. The van der Waals surface area contributed by atoms with Gasteiger partial charge >= 0.3 is 12.4 Å². The van der Waals surface area contributed by atoms with E-state index in [1.165, 1.54) is 24.3 Å². The molecule has 0 saturated carbocycles. The second-order valence-electron chi connectivity index (χ2n) is 5.35. The van der Waals surface area contributed by atoms with Crippen LogP contribution in [0.4, 0.5) is 26.3 Å². The molecule has 29 heavy (non-hydrogen) atoms. The first-order valence-corrected chi connectivity index (χ1v) is 10.5. The summed E-state index contributed by atoms with van der Waals surface area (Å²) in [5, 5.41) is 3.00. The van der Waals surface area contributed by atoms with Crippen molar-refractivity contribution in [1.82, 2.24) is 5.32 Å². The molecule has 0 fully saturated rings. The van der Waals surface area contributed by atoms with Crippen LogP contribution in [0.15, 0.2) is 58.3 Å². The van der Waals surface area contributed by atoms with Crippen LogP contribution in [0.25, 0.3) is 0 Å². The van der Waals surface area contributed by atoms with E-state index in [0.717, 1.165) is 36.0 Å². The molecule has 0 aliphatic carbocycles. The zero-order valence-electron chi connectivity index (χ0n) is 14.6. The van der Waals surface area contributed by atoms with Crippen LogP contribution < -0.4 is 5.32 Å². The van der Waals surface area contributed by atoms with Crippen LogP contribution in [0, 0.1) is 0 Å². The third-order valence-electron chi connectivity index (χ3n) is 3.15. The lowest BCUT2D eigenvalue weighted by molar-refractivity contribution is -0.138. The average molecular weight is 520 g/mol. The van der Waals surface area contributed by atoms with Gasteiger partial charge in [0.15, 0.2) is 0 Å². The SMILES string of the molecule is FC(F)(F)c1ccc(Sc2ccc(C(F)(F)F)cc2)cc1.O=C(CBr)NCCS. The summed E-state index contributed by atoms with van der Waals surface area (Å²) in [5.74, 6) is 0.706. The highest BCUT2D eigenvalue weighted by Gasteiger charge is 2.30. The Morgan fingerprint density at radius 1 is 0.862 bits per heavy atom. The van der Waals surface area contributed by atoms with Gasteiger partial charge in [-0.05, 0) is 48.5 Å². The maximum Gasteiger partial charge on any atom is 0.416 e. The largest absolute Gasteiger partial charge is 0.416 e. The molecular weight excluding hydrogens is 504 g/mol. The smallest absolute Gasteiger partial charge is 0.355 e. The average Bonchev–Trinajstić information content (AvgIpc) is 2.66. The zero-order chi connectivity index (χ0) is 22.1. The van der Waals surface area contributed by atoms with Crippen molar-refractivity contribution in [2.75, 3.05) is 17.6 Å². The number of rotatable bonds is 5. The highest BCUT2D eigenvalue weighted by molar-refractivity contribution is 9.09. The summed E-state index contributed by atoms with van der Waals surface area (Å²) in [4.78, 5) is 11.4. The molecule has 0 heterocycles. The molecule has 0 aliphatic heterocycles. The maximum absolute atomic E-state index is 12.4. The van der Waals surface area contributed by atoms with E-state index in [9.17, 15) is 31.1 Å². The summed E-state index contributed by atoms with van der Waals surface area (Å²) in [6, 6.07) is 8.88. The number of nitrogens with one attached hydrogen (secondary N) is 1. The fraction of sp³-hybridized carbons (Fsp3) is 0.278. The van der Waals surface area contributed by atoms with Crippen molar-refractivity contribution in [3.05, 3.63) is 59.7 Å². The number of carbonyl (C=O) groups excluding carboxylic acids is 1. The normalized spacial score (nSPS) is 11.4. The lowest BCUT2D eigenvalue weighted by atomic mass is 10.2. The third kappa shape index (κ3) is 9.81. The van der Waals surface area contributed by atoms with Gasteiger partial charge in [-0.2, -0.15) is 39.0 Å². The molecule has 0 bridgehead atoms. The Labute approximate surface area is 182 Å². The van der Waals surface area contributed by atoms with Crippen molar-refractivity contribution in [2.45, 2.75) is 22.1 Å². The van der Waals surface area contributed by atoms with E-state index >= 15 is 0 Å². The molecule has 0 unspecified atom stereocenters. The minimum atomic E-state index is -4.41. The molecular formula is C18H16BrF6NOS2. The van der Waals surface area contributed by atoms with Crippen LogP contribution in [-0.4, -0.2) is 23.5 Å². The molecule has 0 atom stereocenters. The standard InChI is InChI=1S/C14H8F6S.C4H8BrNOS/c15-13(16,17)9-1-5-11(6-2-9)21-12-7-3-10(4-8-12)14(18,19)20;5-3-4(7)6-1-2-8/h1-8H;8H,1-3H2,(H,6,7). The first-order chi connectivity index (χ1) is 13.5. The van der Waals surface area contributed by atoms with Crippen LogP contribution in [0.1, 0.15) is 11.1 Å². The van der Waals surface area contributed by atoms with Gasteiger partial charge in [-0.15, -0.1) is 0 Å². The Balaban J connectivity index is 0.000000447. The first-order valence-electron chi connectivity index (χ1n) is 7.93. The number of amides is 1. The minimum Gasteiger partial charge on any atom is -0.355 e. The van der Waals surface area contributed by atoms with Crippen LogP contribution in [-0.2, 0) is 17.1 Å². The van der Waals surface area contributed by atoms with Crippen molar-refractivity contribution >= 4 is 46.2 Å². The van der Waals surface area contributed by atoms with Crippen LogP contribution in [0.3, 0.4) is 0 Å². The zero-order valence-corrected chi connectivity index (χ0v) is 17.9. The second kappa shape index (κ2) is 11.8. The number of carbonyl (C=O) groups is 1. The summed E-state index contributed by atoms with van der Waals surface area (Å²) in [7, 11) is 0. The Hall–Kier alpha value is -1.33. The fourth-order valence-corrected chi connectivity index (χ4v) is 2.93. The van der Waals surface area contributed by atoms with Gasteiger partial charge in [0.05, 0.1) is 16.5 Å². The first kappa shape index (κ1) is 25.7. The Morgan fingerprint density at radius 2 is 1.24 bits per heavy atom. The highest BCUT2D eigenvalue weighted by atomic mass is 79.9. The van der Waals surface area contributed by atoms with Gasteiger partial charge < -0.3 is 5.32 Å². The highest BCUT2D eigenvalue weighted by Crippen LogP contribution is 2.35. The maximum atomic E-state index is 12.4. The van der Waals surface area contributed by atoms with E-state index in [1.807, 2.05) is 0 Å². The molecule has 2 nitrogen and oxygen atoms in total. The summed E-state index contributed by atoms with van der Waals surface area (Å²) in [6.07, 6.45) is -8.81. The van der Waals surface area contributed by atoms with E-state index < -0.39 is 23.5 Å². The molecule has 2 aromatic carbocycles. The summed E-state index contributed by atoms with van der Waals surface area (Å²) >= 11 is 8.00. The van der Waals surface area contributed by atoms with Crippen molar-refractivity contribution in [3.8, 4) is 0 Å². The van der Waals surface area contributed by atoms with Crippen molar-refractivity contribution in [3.63, 3.8) is 0 Å². The molecule has 1 N–H and O–H groups in total. The van der Waals surface area contributed by atoms with E-state index in [4.69, 9.17) is 0 Å². The summed E-state index contributed by atoms with van der Waals surface area (Å²) < 4.78 is 74.3. The van der Waals surface area contributed by atoms with Gasteiger partial charge in [0, 0.05) is 22.1 Å². The molecule has 160 valence electrons. The van der Waals surface area contributed by atoms with E-state index in [2.05, 4.69) is 33.9 Å². The lowest BCUT2D eigenvalue weighted by Gasteiger charge is -2.09. The van der Waals surface area contributed by atoms with E-state index in [-0.39, 0.29) is 5.91 Å². The molecule has 0 saturated heterocycles. The van der Waals surface area contributed by atoms with Crippen LogP contribution in [0.2, 0.25) is 0 Å². The van der Waals surface area contributed by atoms with Crippen molar-refractivity contribution < 1.29 is 31.1 Å². The number of benzene rings is 2. The number of thiol groups is 1. The fourth-order valence-electron chi connectivity index (χ4n) is 1.80. The molecule has 0 aliphatic rings. The van der Waals surface area contributed by atoms with E-state index in [1.54, 1.807) is 0 Å². The molecule has 0 radical (unpaired) electrons. The van der Waals surface area contributed by atoms with E-state index in [0.29, 0.717) is 27.4 Å². The number of alkyl halides is 7. The minimum absolute atomic E-state index is 0.0130. The summed E-state index contributed by atoms with van der Waals surface area (Å²) in [5.41, 5.74) is -1.53. The molecule has 11 heteroatoms. The monoisotopic (exact) mass is 519 g/mol. The van der Waals surface area contributed by atoms with Gasteiger partial charge in [-0.25, -0.2) is 0 Å². The van der Waals surface area contributed by atoms with Gasteiger partial charge in [0.25, 0.3) is 0 Å².